The second-order valence-electron chi connectivity index (χ2n) is 7.35. The lowest BCUT2D eigenvalue weighted by Crippen LogP contribution is -2.63. The number of ether oxygens (including phenoxy) is 1. The number of aliphatic imine (C=N–C) groups is 1. The summed E-state index contributed by atoms with van der Waals surface area (Å²) in [5.41, 5.74) is 1.40. The van der Waals surface area contributed by atoms with Crippen LogP contribution in [0, 0.1) is 0 Å². The first-order chi connectivity index (χ1) is 12.3. The molecule has 0 saturated carbocycles. The number of aliphatic hydroxyl groups is 1. The molecule has 0 bridgehead atoms. The first-order valence-electron chi connectivity index (χ1n) is 9.02. The molecule has 1 aliphatic rings. The van der Waals surface area contributed by atoms with Gasteiger partial charge < -0.3 is 25.4 Å². The van der Waals surface area contributed by atoms with Crippen LogP contribution in [0.1, 0.15) is 38.8 Å². The second-order valence-corrected chi connectivity index (χ2v) is 7.35. The molecule has 1 amide bonds. The highest BCUT2D eigenvalue weighted by Gasteiger charge is 2.34. The Hall–Kier alpha value is -1.55. The molecule has 1 fully saturated rings. The molecular formula is C19H31IN4O3. The van der Waals surface area contributed by atoms with Crippen molar-refractivity contribution in [2.45, 2.75) is 52.5 Å². The van der Waals surface area contributed by atoms with Crippen molar-refractivity contribution in [2.24, 2.45) is 4.99 Å². The van der Waals surface area contributed by atoms with Crippen molar-refractivity contribution in [3.63, 3.8) is 0 Å². The summed E-state index contributed by atoms with van der Waals surface area (Å²) in [5, 5.41) is 16.0. The van der Waals surface area contributed by atoms with Crippen LogP contribution in [-0.2, 0) is 17.9 Å². The molecule has 1 aromatic rings. The maximum Gasteiger partial charge on any atom is 0.410 e. The largest absolute Gasteiger partial charge is 0.444 e. The molecule has 0 spiro atoms. The van der Waals surface area contributed by atoms with E-state index in [1.54, 1.807) is 4.90 Å². The van der Waals surface area contributed by atoms with E-state index in [-0.39, 0.29) is 42.7 Å². The van der Waals surface area contributed by atoms with Gasteiger partial charge in [0.2, 0.25) is 0 Å². The van der Waals surface area contributed by atoms with Crippen LogP contribution in [0.3, 0.4) is 0 Å². The van der Waals surface area contributed by atoms with Gasteiger partial charge in [-0.15, -0.1) is 24.0 Å². The van der Waals surface area contributed by atoms with Gasteiger partial charge in [0.25, 0.3) is 0 Å². The number of likely N-dealkylation sites (tertiary alicyclic amines) is 1. The number of halogens is 1. The SMILES string of the molecule is CCNC(=NCc1ccccc1CO)NC1CN(C(=O)OC(C)(C)C)C1.I. The van der Waals surface area contributed by atoms with Crippen LogP contribution >= 0.6 is 24.0 Å². The maximum absolute atomic E-state index is 12.0. The van der Waals surface area contributed by atoms with Gasteiger partial charge in [0.05, 0.1) is 19.2 Å². The molecule has 0 aromatic heterocycles. The average molecular weight is 490 g/mol. The first kappa shape index (κ1) is 23.5. The summed E-state index contributed by atoms with van der Waals surface area (Å²) in [5.74, 6) is 0.703. The Labute approximate surface area is 178 Å². The van der Waals surface area contributed by atoms with E-state index >= 15 is 0 Å². The van der Waals surface area contributed by atoms with Crippen molar-refractivity contribution in [3.8, 4) is 0 Å². The van der Waals surface area contributed by atoms with E-state index in [0.717, 1.165) is 17.7 Å². The Bertz CT molecular complexity index is 640. The van der Waals surface area contributed by atoms with Crippen molar-refractivity contribution >= 4 is 36.0 Å². The average Bonchev–Trinajstić information content (AvgIpc) is 2.53. The monoisotopic (exact) mass is 490 g/mol. The maximum atomic E-state index is 12.0. The zero-order chi connectivity index (χ0) is 19.2. The lowest BCUT2D eigenvalue weighted by molar-refractivity contribution is 0.00701. The van der Waals surface area contributed by atoms with Gasteiger partial charge in [0, 0.05) is 19.6 Å². The van der Waals surface area contributed by atoms with Gasteiger partial charge in [0.1, 0.15) is 5.60 Å². The number of rotatable bonds is 5. The van der Waals surface area contributed by atoms with Gasteiger partial charge >= 0.3 is 6.09 Å². The Morgan fingerprint density at radius 1 is 1.30 bits per heavy atom. The van der Waals surface area contributed by atoms with Crippen molar-refractivity contribution < 1.29 is 14.6 Å². The van der Waals surface area contributed by atoms with Crippen LogP contribution in [-0.4, -0.2) is 53.3 Å². The molecule has 1 aromatic carbocycles. The van der Waals surface area contributed by atoms with E-state index in [4.69, 9.17) is 4.74 Å². The molecular weight excluding hydrogens is 459 g/mol. The number of amides is 1. The highest BCUT2D eigenvalue weighted by Crippen LogP contribution is 2.15. The standard InChI is InChI=1S/C19H30N4O3.HI/c1-5-20-17(21-10-14-8-6-7-9-15(14)13-24)22-16-11-23(12-16)18(25)26-19(2,3)4;/h6-9,16,24H,5,10-13H2,1-4H3,(H2,20,21,22);1H. The Morgan fingerprint density at radius 2 is 1.93 bits per heavy atom. The predicted molar refractivity (Wildman–Crippen MR) is 117 cm³/mol. The first-order valence-corrected chi connectivity index (χ1v) is 9.02. The Balaban J connectivity index is 0.00000364. The van der Waals surface area contributed by atoms with E-state index < -0.39 is 5.60 Å². The summed E-state index contributed by atoms with van der Waals surface area (Å²) in [6.07, 6.45) is -0.283. The fraction of sp³-hybridized carbons (Fsp3) is 0.579. The van der Waals surface area contributed by atoms with E-state index in [9.17, 15) is 9.90 Å². The third kappa shape index (κ3) is 7.53. The fourth-order valence-corrected chi connectivity index (χ4v) is 2.59. The number of nitrogens with one attached hydrogen (secondary N) is 2. The summed E-state index contributed by atoms with van der Waals surface area (Å²) in [4.78, 5) is 18.3. The van der Waals surface area contributed by atoms with Gasteiger partial charge in [-0.2, -0.15) is 0 Å². The normalized spacial score (nSPS) is 14.9. The summed E-state index contributed by atoms with van der Waals surface area (Å²) in [6, 6.07) is 7.85. The smallest absolute Gasteiger partial charge is 0.410 e. The van der Waals surface area contributed by atoms with Crippen molar-refractivity contribution in [2.75, 3.05) is 19.6 Å². The molecule has 3 N–H and O–H groups in total. The summed E-state index contributed by atoms with van der Waals surface area (Å²) < 4.78 is 5.36. The topological polar surface area (TPSA) is 86.2 Å². The van der Waals surface area contributed by atoms with Crippen LogP contribution < -0.4 is 10.6 Å². The van der Waals surface area contributed by atoms with Crippen molar-refractivity contribution in [1.82, 2.24) is 15.5 Å². The predicted octanol–water partition coefficient (Wildman–Crippen LogP) is 2.47. The number of carbonyl (C=O) groups is 1. The molecule has 27 heavy (non-hydrogen) atoms. The summed E-state index contributed by atoms with van der Waals surface area (Å²) in [6.45, 7) is 10.0. The number of hydrogen-bond acceptors (Lipinski definition) is 4. The molecule has 0 aliphatic carbocycles. The summed E-state index contributed by atoms with van der Waals surface area (Å²) in [7, 11) is 0. The van der Waals surface area contributed by atoms with Gasteiger partial charge in [-0.3, -0.25) is 0 Å². The van der Waals surface area contributed by atoms with E-state index in [1.165, 1.54) is 0 Å². The zero-order valence-corrected chi connectivity index (χ0v) is 18.8. The quantitative estimate of drug-likeness (QED) is 0.336. The molecule has 0 atom stereocenters. The zero-order valence-electron chi connectivity index (χ0n) is 16.5. The number of hydrogen-bond donors (Lipinski definition) is 3. The third-order valence-corrected chi connectivity index (χ3v) is 3.91. The molecule has 152 valence electrons. The second kappa shape index (κ2) is 10.7. The van der Waals surface area contributed by atoms with Gasteiger partial charge in [-0.25, -0.2) is 9.79 Å². The minimum absolute atomic E-state index is 0. The number of aliphatic hydroxyl groups excluding tert-OH is 1. The molecule has 0 radical (unpaired) electrons. The molecule has 8 heteroatoms. The number of guanidine groups is 1. The van der Waals surface area contributed by atoms with Crippen LogP contribution in [0.15, 0.2) is 29.3 Å². The number of carbonyl (C=O) groups excluding carboxylic acids is 1. The van der Waals surface area contributed by atoms with E-state index in [2.05, 4.69) is 15.6 Å². The van der Waals surface area contributed by atoms with Crippen LogP contribution in [0.25, 0.3) is 0 Å². The highest BCUT2D eigenvalue weighted by atomic mass is 127. The Morgan fingerprint density at radius 3 is 2.48 bits per heavy atom. The van der Waals surface area contributed by atoms with Crippen LogP contribution in [0.5, 0.6) is 0 Å². The lowest BCUT2D eigenvalue weighted by Gasteiger charge is -2.40. The molecule has 1 saturated heterocycles. The molecule has 2 rings (SSSR count). The molecule has 1 aliphatic heterocycles. The van der Waals surface area contributed by atoms with Gasteiger partial charge in [0.15, 0.2) is 5.96 Å². The van der Waals surface area contributed by atoms with Crippen LogP contribution in [0.2, 0.25) is 0 Å². The van der Waals surface area contributed by atoms with E-state index in [0.29, 0.717) is 25.6 Å². The molecule has 0 unspecified atom stereocenters. The van der Waals surface area contributed by atoms with Crippen molar-refractivity contribution in [3.05, 3.63) is 35.4 Å². The minimum atomic E-state index is -0.480. The third-order valence-electron chi connectivity index (χ3n) is 3.91. The lowest BCUT2D eigenvalue weighted by atomic mass is 10.1. The fourth-order valence-electron chi connectivity index (χ4n) is 2.59. The Kier molecular flexibility index (Phi) is 9.31. The molecule has 7 nitrogen and oxygen atoms in total. The van der Waals surface area contributed by atoms with Gasteiger partial charge in [-0.05, 0) is 38.8 Å². The summed E-state index contributed by atoms with van der Waals surface area (Å²) >= 11 is 0. The molecule has 1 heterocycles. The number of benzene rings is 1. The van der Waals surface area contributed by atoms with Crippen LogP contribution in [0.4, 0.5) is 4.79 Å². The highest BCUT2D eigenvalue weighted by molar-refractivity contribution is 14.0. The van der Waals surface area contributed by atoms with Gasteiger partial charge in [-0.1, -0.05) is 24.3 Å². The number of nitrogens with zero attached hydrogens (tertiary/aromatic N) is 2. The van der Waals surface area contributed by atoms with Crippen molar-refractivity contribution in [1.29, 1.82) is 0 Å². The van der Waals surface area contributed by atoms with E-state index in [1.807, 2.05) is 52.0 Å². The minimum Gasteiger partial charge on any atom is -0.444 e.